The summed E-state index contributed by atoms with van der Waals surface area (Å²) < 4.78 is 0. The van der Waals surface area contributed by atoms with E-state index in [-0.39, 0.29) is 12.5 Å². The van der Waals surface area contributed by atoms with Gasteiger partial charge in [-0.15, -0.1) is 0 Å². The Balaban J connectivity index is 2.69. The van der Waals surface area contributed by atoms with Crippen LogP contribution in [0.3, 0.4) is 0 Å². The van der Waals surface area contributed by atoms with Gasteiger partial charge < -0.3 is 16.0 Å². The van der Waals surface area contributed by atoms with E-state index in [1.807, 2.05) is 0 Å². The third kappa shape index (κ3) is 2.58. The third-order valence-electron chi connectivity index (χ3n) is 1.72. The monoisotopic (exact) mass is 195 g/mol. The number of anilines is 2. The molecule has 0 aromatic carbocycles. The Morgan fingerprint density at radius 2 is 2.36 bits per heavy atom. The molecule has 0 atom stereocenters. The maximum Gasteiger partial charge on any atom is 0.239 e. The number of nitrogen functional groups attached to an aromatic ring is 1. The molecule has 6 heteroatoms. The first-order valence-electron chi connectivity index (χ1n) is 4.12. The van der Waals surface area contributed by atoms with Gasteiger partial charge in [0, 0.05) is 20.2 Å². The number of nitrogens with zero attached hydrogens (tertiary/aromatic N) is 3. The first kappa shape index (κ1) is 10.2. The van der Waals surface area contributed by atoms with Gasteiger partial charge in [-0.05, 0) is 0 Å². The number of rotatable bonds is 3. The SMILES string of the molecule is CNC(=O)CN(C)c1cc(N)ncn1. The standard InChI is InChI=1S/C8H13N5O/c1-10-8(14)4-13(2)7-3-6(9)11-5-12-7/h3,5H,4H2,1-2H3,(H,10,14)(H2,9,11,12). The summed E-state index contributed by atoms with van der Waals surface area (Å²) in [6.45, 7) is 0.243. The summed E-state index contributed by atoms with van der Waals surface area (Å²) in [6, 6.07) is 1.61. The van der Waals surface area contributed by atoms with E-state index >= 15 is 0 Å². The fourth-order valence-corrected chi connectivity index (χ4v) is 0.946. The van der Waals surface area contributed by atoms with Gasteiger partial charge in [-0.25, -0.2) is 9.97 Å². The minimum absolute atomic E-state index is 0.0790. The number of likely N-dealkylation sites (N-methyl/N-ethyl adjacent to an activating group) is 2. The summed E-state index contributed by atoms with van der Waals surface area (Å²) in [5.74, 6) is 0.935. The Kier molecular flexibility index (Phi) is 3.22. The average Bonchev–Trinajstić information content (AvgIpc) is 2.17. The van der Waals surface area contributed by atoms with Crippen LogP contribution >= 0.6 is 0 Å². The second-order valence-corrected chi connectivity index (χ2v) is 2.83. The molecule has 0 fully saturated rings. The Morgan fingerprint density at radius 3 is 2.93 bits per heavy atom. The van der Waals surface area contributed by atoms with E-state index in [1.165, 1.54) is 6.33 Å². The van der Waals surface area contributed by atoms with Crippen LogP contribution in [0.2, 0.25) is 0 Å². The highest BCUT2D eigenvalue weighted by atomic mass is 16.1. The lowest BCUT2D eigenvalue weighted by atomic mass is 10.4. The van der Waals surface area contributed by atoms with Gasteiger partial charge in [-0.2, -0.15) is 0 Å². The number of carbonyl (C=O) groups excluding carboxylic acids is 1. The molecule has 0 aliphatic carbocycles. The molecular weight excluding hydrogens is 182 g/mol. The van der Waals surface area contributed by atoms with Crippen molar-refractivity contribution in [2.75, 3.05) is 31.3 Å². The number of nitrogens with two attached hydrogens (primary N) is 1. The van der Waals surface area contributed by atoms with Crippen LogP contribution in [0.4, 0.5) is 11.6 Å². The normalized spacial score (nSPS) is 9.57. The number of hydrogen-bond acceptors (Lipinski definition) is 5. The summed E-state index contributed by atoms with van der Waals surface area (Å²) in [5.41, 5.74) is 5.48. The first-order chi connectivity index (χ1) is 6.63. The van der Waals surface area contributed by atoms with E-state index in [0.29, 0.717) is 11.6 Å². The van der Waals surface area contributed by atoms with Crippen molar-refractivity contribution < 1.29 is 4.79 Å². The largest absolute Gasteiger partial charge is 0.384 e. The molecule has 14 heavy (non-hydrogen) atoms. The molecular formula is C8H13N5O. The van der Waals surface area contributed by atoms with Crippen LogP contribution in [0.15, 0.2) is 12.4 Å². The Morgan fingerprint density at radius 1 is 1.64 bits per heavy atom. The summed E-state index contributed by atoms with van der Waals surface area (Å²) in [7, 11) is 3.35. The molecule has 0 radical (unpaired) electrons. The van der Waals surface area contributed by atoms with Crippen LogP contribution in [0.5, 0.6) is 0 Å². The minimum atomic E-state index is -0.0790. The number of aromatic nitrogens is 2. The number of carbonyl (C=O) groups is 1. The highest BCUT2D eigenvalue weighted by molar-refractivity contribution is 5.80. The number of nitrogens with one attached hydrogen (secondary N) is 1. The van der Waals surface area contributed by atoms with E-state index < -0.39 is 0 Å². The van der Waals surface area contributed by atoms with Crippen LogP contribution in [-0.4, -0.2) is 36.5 Å². The molecule has 1 rings (SSSR count). The molecule has 0 spiro atoms. The van der Waals surface area contributed by atoms with E-state index in [2.05, 4.69) is 15.3 Å². The zero-order valence-corrected chi connectivity index (χ0v) is 8.19. The van der Waals surface area contributed by atoms with E-state index in [4.69, 9.17) is 5.73 Å². The average molecular weight is 195 g/mol. The molecule has 1 aromatic heterocycles. The molecule has 1 amide bonds. The van der Waals surface area contributed by atoms with Gasteiger partial charge >= 0.3 is 0 Å². The van der Waals surface area contributed by atoms with Gasteiger partial charge in [0.25, 0.3) is 0 Å². The summed E-state index contributed by atoms with van der Waals surface area (Å²) in [6.07, 6.45) is 1.37. The molecule has 0 aliphatic heterocycles. The molecule has 76 valence electrons. The topological polar surface area (TPSA) is 84.1 Å². The molecule has 0 aliphatic rings. The minimum Gasteiger partial charge on any atom is -0.384 e. The fourth-order valence-electron chi connectivity index (χ4n) is 0.946. The maximum atomic E-state index is 11.1. The molecule has 1 aromatic rings. The molecule has 6 nitrogen and oxygen atoms in total. The molecule has 0 unspecified atom stereocenters. The van der Waals surface area contributed by atoms with Crippen molar-refractivity contribution in [3.63, 3.8) is 0 Å². The lowest BCUT2D eigenvalue weighted by molar-refractivity contribution is -0.119. The highest BCUT2D eigenvalue weighted by Gasteiger charge is 2.06. The summed E-state index contributed by atoms with van der Waals surface area (Å²) in [5, 5.41) is 2.52. The van der Waals surface area contributed by atoms with Gasteiger partial charge in [0.2, 0.25) is 5.91 Å². The Bertz CT molecular complexity index is 327. The zero-order valence-electron chi connectivity index (χ0n) is 8.19. The van der Waals surface area contributed by atoms with Crippen molar-refractivity contribution in [2.45, 2.75) is 0 Å². The quantitative estimate of drug-likeness (QED) is 0.662. The van der Waals surface area contributed by atoms with Crippen molar-refractivity contribution in [1.29, 1.82) is 0 Å². The lowest BCUT2D eigenvalue weighted by Crippen LogP contribution is -2.33. The van der Waals surface area contributed by atoms with Crippen LogP contribution in [-0.2, 0) is 4.79 Å². The van der Waals surface area contributed by atoms with Crippen LogP contribution in [0.25, 0.3) is 0 Å². The van der Waals surface area contributed by atoms with E-state index in [0.717, 1.165) is 0 Å². The molecule has 3 N–H and O–H groups in total. The molecule has 0 saturated carbocycles. The zero-order chi connectivity index (χ0) is 10.6. The van der Waals surface area contributed by atoms with Crippen LogP contribution in [0, 0.1) is 0 Å². The Labute approximate surface area is 82.1 Å². The van der Waals surface area contributed by atoms with Crippen molar-refractivity contribution in [3.05, 3.63) is 12.4 Å². The summed E-state index contributed by atoms with van der Waals surface area (Å²) >= 11 is 0. The van der Waals surface area contributed by atoms with Gasteiger partial charge in [-0.1, -0.05) is 0 Å². The van der Waals surface area contributed by atoms with Gasteiger partial charge in [0.05, 0.1) is 6.54 Å². The first-order valence-corrected chi connectivity index (χ1v) is 4.12. The highest BCUT2D eigenvalue weighted by Crippen LogP contribution is 2.08. The summed E-state index contributed by atoms with van der Waals surface area (Å²) in [4.78, 5) is 20.5. The van der Waals surface area contributed by atoms with Gasteiger partial charge in [0.15, 0.2) is 0 Å². The van der Waals surface area contributed by atoms with E-state index in [9.17, 15) is 4.79 Å². The van der Waals surface area contributed by atoms with Crippen molar-refractivity contribution in [3.8, 4) is 0 Å². The van der Waals surface area contributed by atoms with Gasteiger partial charge in [0.1, 0.15) is 18.0 Å². The lowest BCUT2D eigenvalue weighted by Gasteiger charge is -2.16. The van der Waals surface area contributed by atoms with Crippen molar-refractivity contribution in [1.82, 2.24) is 15.3 Å². The predicted octanol–water partition coefficient (Wildman–Crippen LogP) is -0.759. The Hall–Kier alpha value is -1.85. The molecule has 0 saturated heterocycles. The number of amides is 1. The molecule has 1 heterocycles. The van der Waals surface area contributed by atoms with Crippen molar-refractivity contribution in [2.24, 2.45) is 0 Å². The fraction of sp³-hybridized carbons (Fsp3) is 0.375. The maximum absolute atomic E-state index is 11.1. The predicted molar refractivity (Wildman–Crippen MR) is 53.8 cm³/mol. The van der Waals surface area contributed by atoms with Gasteiger partial charge in [-0.3, -0.25) is 4.79 Å². The molecule has 0 bridgehead atoms. The van der Waals surface area contributed by atoms with Crippen LogP contribution < -0.4 is 16.0 Å². The second kappa shape index (κ2) is 4.40. The van der Waals surface area contributed by atoms with Crippen molar-refractivity contribution >= 4 is 17.5 Å². The third-order valence-corrected chi connectivity index (χ3v) is 1.72. The smallest absolute Gasteiger partial charge is 0.239 e. The number of hydrogen-bond donors (Lipinski definition) is 2. The van der Waals surface area contributed by atoms with E-state index in [1.54, 1.807) is 25.1 Å². The second-order valence-electron chi connectivity index (χ2n) is 2.83. The van der Waals surface area contributed by atoms with Crippen LogP contribution in [0.1, 0.15) is 0 Å².